The Bertz CT molecular complexity index is 599. The quantitative estimate of drug-likeness (QED) is 0.679. The van der Waals surface area contributed by atoms with Crippen LogP contribution in [0.3, 0.4) is 0 Å². The minimum absolute atomic E-state index is 0.859. The van der Waals surface area contributed by atoms with Gasteiger partial charge in [-0.2, -0.15) is 0 Å². The number of pyridine rings is 1. The van der Waals surface area contributed by atoms with Crippen LogP contribution in [0.15, 0.2) is 54.9 Å². The topological polar surface area (TPSA) is 40.7 Å². The second-order valence-electron chi connectivity index (χ2n) is 3.62. The lowest BCUT2D eigenvalue weighted by Crippen LogP contribution is -1.91. The summed E-state index contributed by atoms with van der Waals surface area (Å²) in [7, 11) is 0. The predicted octanol–water partition coefficient (Wildman–Crippen LogP) is 3.31. The number of hydrogen-bond acceptors (Lipinski definition) is 2. The van der Waals surface area contributed by atoms with E-state index in [-0.39, 0.29) is 0 Å². The molecule has 0 saturated carbocycles. The number of aromatic nitrogens is 2. The third kappa shape index (κ3) is 1.63. The lowest BCUT2D eigenvalue weighted by atomic mass is 10.2. The van der Waals surface area contributed by atoms with E-state index in [9.17, 15) is 0 Å². The molecule has 0 atom stereocenters. The number of benzene rings is 1. The first-order valence-electron chi connectivity index (χ1n) is 5.17. The summed E-state index contributed by atoms with van der Waals surface area (Å²) >= 11 is 0. The molecule has 3 aromatic rings. The number of nitrogens with one attached hydrogen (secondary N) is 2. The van der Waals surface area contributed by atoms with E-state index in [4.69, 9.17) is 0 Å². The van der Waals surface area contributed by atoms with Crippen molar-refractivity contribution >= 4 is 22.4 Å². The molecule has 3 rings (SSSR count). The average molecular weight is 209 g/mol. The molecule has 2 aromatic heterocycles. The van der Waals surface area contributed by atoms with Crippen LogP contribution < -0.4 is 5.32 Å². The molecular weight excluding hydrogens is 198 g/mol. The average Bonchev–Trinajstić information content (AvgIpc) is 2.77. The van der Waals surface area contributed by atoms with Crippen molar-refractivity contribution in [3.63, 3.8) is 0 Å². The van der Waals surface area contributed by atoms with Crippen LogP contribution in [0.1, 0.15) is 0 Å². The van der Waals surface area contributed by atoms with Gasteiger partial charge in [0.15, 0.2) is 0 Å². The van der Waals surface area contributed by atoms with Crippen molar-refractivity contribution in [1.29, 1.82) is 0 Å². The minimum atomic E-state index is 0.859. The first-order chi connectivity index (χ1) is 7.92. The van der Waals surface area contributed by atoms with Gasteiger partial charge in [-0.15, -0.1) is 0 Å². The summed E-state index contributed by atoms with van der Waals surface area (Å²) in [5.74, 6) is 0.859. The van der Waals surface area contributed by atoms with E-state index in [0.717, 1.165) is 17.0 Å². The molecule has 78 valence electrons. The van der Waals surface area contributed by atoms with Gasteiger partial charge < -0.3 is 10.3 Å². The Labute approximate surface area is 93.1 Å². The van der Waals surface area contributed by atoms with Crippen molar-refractivity contribution in [3.8, 4) is 0 Å². The molecule has 16 heavy (non-hydrogen) atoms. The molecule has 1 aromatic carbocycles. The summed E-state index contributed by atoms with van der Waals surface area (Å²) in [5.41, 5.74) is 2.19. The molecule has 0 unspecified atom stereocenters. The number of hydrogen-bond donors (Lipinski definition) is 2. The second kappa shape index (κ2) is 3.70. The number of fused-ring (bicyclic) bond motifs is 1. The van der Waals surface area contributed by atoms with Crippen LogP contribution in [-0.4, -0.2) is 9.97 Å². The van der Waals surface area contributed by atoms with Crippen LogP contribution in [0.2, 0.25) is 0 Å². The lowest BCUT2D eigenvalue weighted by molar-refractivity contribution is 1.31. The summed E-state index contributed by atoms with van der Waals surface area (Å²) in [4.78, 5) is 7.39. The Kier molecular flexibility index (Phi) is 2.07. The van der Waals surface area contributed by atoms with E-state index in [1.54, 1.807) is 6.20 Å². The lowest BCUT2D eigenvalue weighted by Gasteiger charge is -2.04. The minimum Gasteiger partial charge on any atom is -0.361 e. The molecule has 0 aliphatic heterocycles. The van der Waals surface area contributed by atoms with E-state index in [1.807, 2.05) is 30.5 Å². The molecule has 3 heteroatoms. The normalized spacial score (nSPS) is 10.5. The van der Waals surface area contributed by atoms with E-state index < -0.39 is 0 Å². The van der Waals surface area contributed by atoms with Crippen LogP contribution in [0, 0.1) is 0 Å². The summed E-state index contributed by atoms with van der Waals surface area (Å²) in [6.45, 7) is 0. The van der Waals surface area contributed by atoms with Crippen molar-refractivity contribution in [1.82, 2.24) is 9.97 Å². The second-order valence-corrected chi connectivity index (χ2v) is 3.62. The van der Waals surface area contributed by atoms with E-state index in [1.165, 1.54) is 5.39 Å². The summed E-state index contributed by atoms with van der Waals surface area (Å²) in [6, 6.07) is 14.1. The zero-order chi connectivity index (χ0) is 10.8. The fourth-order valence-corrected chi connectivity index (χ4v) is 1.72. The number of rotatable bonds is 2. The molecule has 0 aliphatic carbocycles. The summed E-state index contributed by atoms with van der Waals surface area (Å²) in [5, 5.41) is 4.46. The smallest absolute Gasteiger partial charge is 0.130 e. The Morgan fingerprint density at radius 3 is 2.94 bits per heavy atom. The van der Waals surface area contributed by atoms with Crippen LogP contribution in [0.4, 0.5) is 11.5 Å². The Morgan fingerprint density at radius 1 is 1.06 bits per heavy atom. The monoisotopic (exact) mass is 209 g/mol. The highest BCUT2D eigenvalue weighted by molar-refractivity contribution is 5.83. The van der Waals surface area contributed by atoms with Crippen molar-refractivity contribution < 1.29 is 0 Å². The molecule has 0 saturated heterocycles. The zero-order valence-corrected chi connectivity index (χ0v) is 8.64. The van der Waals surface area contributed by atoms with Gasteiger partial charge in [0.05, 0.1) is 0 Å². The largest absolute Gasteiger partial charge is 0.361 e. The Morgan fingerprint density at radius 2 is 2.06 bits per heavy atom. The molecule has 0 fully saturated rings. The van der Waals surface area contributed by atoms with Crippen molar-refractivity contribution in [2.45, 2.75) is 0 Å². The van der Waals surface area contributed by atoms with Crippen LogP contribution in [0.25, 0.3) is 10.9 Å². The molecule has 2 heterocycles. The molecule has 2 N–H and O–H groups in total. The Hall–Kier alpha value is -2.29. The maximum absolute atomic E-state index is 4.22. The van der Waals surface area contributed by atoms with Gasteiger partial charge in [-0.25, -0.2) is 4.98 Å². The maximum atomic E-state index is 4.22. The summed E-state index contributed by atoms with van der Waals surface area (Å²) < 4.78 is 0. The fraction of sp³-hybridized carbons (Fsp3) is 0. The number of nitrogens with zero attached hydrogens (tertiary/aromatic N) is 1. The van der Waals surface area contributed by atoms with Gasteiger partial charge in [-0.3, -0.25) is 0 Å². The molecule has 0 radical (unpaired) electrons. The van der Waals surface area contributed by atoms with E-state index in [0.29, 0.717) is 0 Å². The SMILES string of the molecule is c1ccc(Nc2ccc3[nH]ccc3c2)nc1. The van der Waals surface area contributed by atoms with Crippen LogP contribution in [0.5, 0.6) is 0 Å². The van der Waals surface area contributed by atoms with Crippen molar-refractivity contribution in [2.75, 3.05) is 5.32 Å². The first-order valence-corrected chi connectivity index (χ1v) is 5.17. The number of aromatic amines is 1. The van der Waals surface area contributed by atoms with Gasteiger partial charge in [0, 0.05) is 29.0 Å². The predicted molar refractivity (Wildman–Crippen MR) is 65.8 cm³/mol. The highest BCUT2D eigenvalue weighted by Crippen LogP contribution is 2.20. The molecular formula is C13H11N3. The van der Waals surface area contributed by atoms with Gasteiger partial charge in [0.1, 0.15) is 5.82 Å². The van der Waals surface area contributed by atoms with Crippen molar-refractivity contribution in [2.24, 2.45) is 0 Å². The van der Waals surface area contributed by atoms with Gasteiger partial charge in [-0.05, 0) is 36.4 Å². The van der Waals surface area contributed by atoms with Gasteiger partial charge in [0.2, 0.25) is 0 Å². The van der Waals surface area contributed by atoms with E-state index >= 15 is 0 Å². The highest BCUT2D eigenvalue weighted by Gasteiger charge is 1.97. The van der Waals surface area contributed by atoms with Gasteiger partial charge in [0.25, 0.3) is 0 Å². The molecule has 0 amide bonds. The standard InChI is InChI=1S/C13H11N3/c1-2-7-15-13(3-1)16-11-4-5-12-10(9-11)6-8-14-12/h1-9,14H,(H,15,16). The van der Waals surface area contributed by atoms with Gasteiger partial charge in [-0.1, -0.05) is 6.07 Å². The molecule has 3 nitrogen and oxygen atoms in total. The summed E-state index contributed by atoms with van der Waals surface area (Å²) in [6.07, 6.45) is 3.71. The zero-order valence-electron chi connectivity index (χ0n) is 8.64. The highest BCUT2D eigenvalue weighted by atomic mass is 15.0. The third-order valence-electron chi connectivity index (χ3n) is 2.49. The van der Waals surface area contributed by atoms with Crippen LogP contribution in [-0.2, 0) is 0 Å². The first kappa shape index (κ1) is 8.97. The Balaban J connectivity index is 1.94. The number of H-pyrrole nitrogens is 1. The third-order valence-corrected chi connectivity index (χ3v) is 2.49. The fourth-order valence-electron chi connectivity index (χ4n) is 1.72. The maximum Gasteiger partial charge on any atom is 0.130 e. The molecule has 0 spiro atoms. The van der Waals surface area contributed by atoms with Crippen molar-refractivity contribution in [3.05, 3.63) is 54.9 Å². The molecule has 0 aliphatic rings. The number of anilines is 2. The van der Waals surface area contributed by atoms with Gasteiger partial charge >= 0.3 is 0 Å². The van der Waals surface area contributed by atoms with Crippen LogP contribution >= 0.6 is 0 Å². The van der Waals surface area contributed by atoms with E-state index in [2.05, 4.69) is 33.5 Å². The molecule has 0 bridgehead atoms.